The van der Waals surface area contributed by atoms with Gasteiger partial charge in [-0.1, -0.05) is 46.0 Å². The van der Waals surface area contributed by atoms with E-state index in [0.717, 1.165) is 51.4 Å². The largest absolute Gasteiger partial charge is 0.468 e. The van der Waals surface area contributed by atoms with Crippen molar-refractivity contribution < 1.29 is 19.1 Å². The van der Waals surface area contributed by atoms with E-state index in [1.54, 1.807) is 0 Å². The molecule has 22 heavy (non-hydrogen) atoms. The molecule has 4 heteroatoms. The van der Waals surface area contributed by atoms with E-state index in [1.807, 2.05) is 0 Å². The van der Waals surface area contributed by atoms with E-state index < -0.39 is 11.4 Å². The molecule has 0 N–H and O–H groups in total. The first-order valence-corrected chi connectivity index (χ1v) is 8.90. The smallest absolute Gasteiger partial charge is 0.323 e. The summed E-state index contributed by atoms with van der Waals surface area (Å²) >= 11 is 0. The average Bonchev–Trinajstić information content (AvgIpc) is 2.55. The van der Waals surface area contributed by atoms with Crippen LogP contribution in [0, 0.1) is 5.41 Å². The molecule has 0 saturated heterocycles. The zero-order valence-electron chi connectivity index (χ0n) is 14.5. The molecule has 0 aromatic rings. The molecule has 0 aromatic carbocycles. The van der Waals surface area contributed by atoms with Crippen LogP contribution in [0.2, 0.25) is 0 Å². The standard InChI is InChI=1S/C18H32O4/c1-4-6-13-18(14-7-5-2,16(19)21-3)17(20)22-15-11-9-8-10-12-15/h15H,4-14H2,1-3H3. The third kappa shape index (κ3) is 4.99. The monoisotopic (exact) mass is 312 g/mol. The number of carbonyl (C=O) groups is 2. The van der Waals surface area contributed by atoms with Gasteiger partial charge in [-0.05, 0) is 38.5 Å². The van der Waals surface area contributed by atoms with Gasteiger partial charge in [0.2, 0.25) is 0 Å². The molecule has 0 atom stereocenters. The van der Waals surface area contributed by atoms with Gasteiger partial charge in [-0.3, -0.25) is 9.59 Å². The highest BCUT2D eigenvalue weighted by molar-refractivity contribution is 6.00. The maximum atomic E-state index is 12.8. The molecule has 1 aliphatic rings. The summed E-state index contributed by atoms with van der Waals surface area (Å²) in [5.74, 6) is -0.775. The zero-order chi connectivity index (χ0) is 16.4. The maximum absolute atomic E-state index is 12.8. The third-order valence-electron chi connectivity index (χ3n) is 4.71. The summed E-state index contributed by atoms with van der Waals surface area (Å²) in [6, 6.07) is 0. The summed E-state index contributed by atoms with van der Waals surface area (Å²) in [6.07, 6.45) is 9.86. The molecule has 128 valence electrons. The lowest BCUT2D eigenvalue weighted by Gasteiger charge is -2.32. The zero-order valence-corrected chi connectivity index (χ0v) is 14.5. The first-order valence-electron chi connectivity index (χ1n) is 8.90. The first kappa shape index (κ1) is 19.0. The molecule has 1 fully saturated rings. The highest BCUT2D eigenvalue weighted by atomic mass is 16.6. The Morgan fingerprint density at radius 3 is 1.95 bits per heavy atom. The van der Waals surface area contributed by atoms with E-state index in [9.17, 15) is 9.59 Å². The lowest BCUT2D eigenvalue weighted by molar-refractivity contribution is -0.177. The highest BCUT2D eigenvalue weighted by Crippen LogP contribution is 2.36. The quantitative estimate of drug-likeness (QED) is 0.467. The van der Waals surface area contributed by atoms with Crippen LogP contribution in [0.4, 0.5) is 0 Å². The van der Waals surface area contributed by atoms with Crippen molar-refractivity contribution in [1.29, 1.82) is 0 Å². The summed E-state index contributed by atoms with van der Waals surface area (Å²) in [5.41, 5.74) is -1.10. The number of esters is 2. The second-order valence-corrected chi connectivity index (χ2v) is 6.45. The lowest BCUT2D eigenvalue weighted by atomic mass is 9.78. The van der Waals surface area contributed by atoms with Crippen molar-refractivity contribution in [2.75, 3.05) is 7.11 Å². The molecule has 0 bridgehead atoms. The Kier molecular flexibility index (Phi) is 8.51. The van der Waals surface area contributed by atoms with Crippen LogP contribution < -0.4 is 0 Å². The Morgan fingerprint density at radius 2 is 1.50 bits per heavy atom. The fourth-order valence-electron chi connectivity index (χ4n) is 3.22. The number of carbonyl (C=O) groups excluding carboxylic acids is 2. The first-order chi connectivity index (χ1) is 10.6. The number of hydrogen-bond donors (Lipinski definition) is 0. The fourth-order valence-corrected chi connectivity index (χ4v) is 3.22. The Hall–Kier alpha value is -1.06. The second-order valence-electron chi connectivity index (χ2n) is 6.45. The van der Waals surface area contributed by atoms with E-state index in [2.05, 4.69) is 13.8 Å². The van der Waals surface area contributed by atoms with Crippen LogP contribution in [0.3, 0.4) is 0 Å². The van der Waals surface area contributed by atoms with Crippen molar-refractivity contribution in [2.24, 2.45) is 5.41 Å². The number of unbranched alkanes of at least 4 members (excludes halogenated alkanes) is 2. The van der Waals surface area contributed by atoms with Crippen molar-refractivity contribution in [3.8, 4) is 0 Å². The summed E-state index contributed by atoms with van der Waals surface area (Å²) < 4.78 is 10.7. The Morgan fingerprint density at radius 1 is 0.955 bits per heavy atom. The molecule has 1 aliphatic carbocycles. The normalized spacial score (nSPS) is 16.3. The molecule has 0 radical (unpaired) electrons. The summed E-state index contributed by atoms with van der Waals surface area (Å²) in [5, 5.41) is 0. The molecule has 0 aliphatic heterocycles. The molecule has 1 saturated carbocycles. The van der Waals surface area contributed by atoms with Crippen LogP contribution in [0.1, 0.15) is 84.5 Å². The van der Waals surface area contributed by atoms with Gasteiger partial charge >= 0.3 is 11.9 Å². The van der Waals surface area contributed by atoms with Crippen LogP contribution in [0.5, 0.6) is 0 Å². The van der Waals surface area contributed by atoms with Crippen molar-refractivity contribution >= 4 is 11.9 Å². The average molecular weight is 312 g/mol. The van der Waals surface area contributed by atoms with Gasteiger partial charge in [0.05, 0.1) is 7.11 Å². The van der Waals surface area contributed by atoms with Gasteiger partial charge in [0.25, 0.3) is 0 Å². The molecule has 0 unspecified atom stereocenters. The van der Waals surface area contributed by atoms with Gasteiger partial charge in [0.1, 0.15) is 6.10 Å². The van der Waals surface area contributed by atoms with E-state index in [0.29, 0.717) is 12.8 Å². The lowest BCUT2D eigenvalue weighted by Crippen LogP contribution is -2.43. The van der Waals surface area contributed by atoms with Crippen LogP contribution in [-0.2, 0) is 19.1 Å². The van der Waals surface area contributed by atoms with E-state index in [1.165, 1.54) is 13.5 Å². The van der Waals surface area contributed by atoms with Gasteiger partial charge in [0, 0.05) is 0 Å². The molecule has 0 amide bonds. The maximum Gasteiger partial charge on any atom is 0.323 e. The van der Waals surface area contributed by atoms with Crippen LogP contribution in [0.15, 0.2) is 0 Å². The minimum absolute atomic E-state index is 0.0199. The van der Waals surface area contributed by atoms with Gasteiger partial charge < -0.3 is 9.47 Å². The highest BCUT2D eigenvalue weighted by Gasteiger charge is 2.48. The Bertz CT molecular complexity index is 337. The second kappa shape index (κ2) is 9.86. The molecule has 4 nitrogen and oxygen atoms in total. The molecule has 1 rings (SSSR count). The van der Waals surface area contributed by atoms with Gasteiger partial charge in [-0.2, -0.15) is 0 Å². The predicted octanol–water partition coefficient (Wildman–Crippen LogP) is 4.40. The fraction of sp³-hybridized carbons (Fsp3) is 0.889. The van der Waals surface area contributed by atoms with Gasteiger partial charge in [0.15, 0.2) is 5.41 Å². The van der Waals surface area contributed by atoms with E-state index in [-0.39, 0.29) is 12.1 Å². The molecule has 0 spiro atoms. The van der Waals surface area contributed by atoms with Crippen LogP contribution >= 0.6 is 0 Å². The van der Waals surface area contributed by atoms with E-state index in [4.69, 9.17) is 9.47 Å². The summed E-state index contributed by atoms with van der Waals surface area (Å²) in [6.45, 7) is 4.13. The number of ether oxygens (including phenoxy) is 2. The van der Waals surface area contributed by atoms with Crippen molar-refractivity contribution in [3.05, 3.63) is 0 Å². The van der Waals surface area contributed by atoms with Crippen molar-refractivity contribution in [3.63, 3.8) is 0 Å². The number of hydrogen-bond acceptors (Lipinski definition) is 4. The molecule has 0 aromatic heterocycles. The van der Waals surface area contributed by atoms with Gasteiger partial charge in [-0.25, -0.2) is 0 Å². The third-order valence-corrected chi connectivity index (χ3v) is 4.71. The van der Waals surface area contributed by atoms with Crippen molar-refractivity contribution in [2.45, 2.75) is 90.6 Å². The van der Waals surface area contributed by atoms with E-state index >= 15 is 0 Å². The molecule has 0 heterocycles. The Labute approximate surface area is 134 Å². The van der Waals surface area contributed by atoms with Crippen molar-refractivity contribution in [1.82, 2.24) is 0 Å². The topological polar surface area (TPSA) is 52.6 Å². The Balaban J connectivity index is 2.87. The minimum Gasteiger partial charge on any atom is -0.468 e. The number of methoxy groups -OCH3 is 1. The number of rotatable bonds is 9. The van der Waals surface area contributed by atoms with Crippen LogP contribution in [-0.4, -0.2) is 25.2 Å². The predicted molar refractivity (Wildman–Crippen MR) is 86.5 cm³/mol. The van der Waals surface area contributed by atoms with Gasteiger partial charge in [-0.15, -0.1) is 0 Å². The minimum atomic E-state index is -1.10. The summed E-state index contributed by atoms with van der Waals surface area (Å²) in [4.78, 5) is 25.2. The molecular formula is C18H32O4. The SMILES string of the molecule is CCCCC(CCCC)(C(=O)OC)C(=O)OC1CCCCC1. The summed E-state index contributed by atoms with van der Waals surface area (Å²) in [7, 11) is 1.36. The molecular weight excluding hydrogens is 280 g/mol. The van der Waals surface area contributed by atoms with Crippen LogP contribution in [0.25, 0.3) is 0 Å².